The Morgan fingerprint density at radius 1 is 1.19 bits per heavy atom. The van der Waals surface area contributed by atoms with E-state index in [1.807, 2.05) is 30.3 Å². The van der Waals surface area contributed by atoms with Crippen LogP contribution in [0.2, 0.25) is 0 Å². The first kappa shape index (κ1) is 14.1. The average Bonchev–Trinajstić information content (AvgIpc) is 2.55. The number of rotatable bonds is 3. The standard InChI is InChI=1S/C18H22N2O/c1-2-13-7-9-14(10-8-13)20-18(21)16-11-12-19-17-6-4-3-5-15(16)17/h3-6,11-14H,2,7-10H2,1H3,(H,20,21). The van der Waals surface area contributed by atoms with Crippen molar-refractivity contribution >= 4 is 16.8 Å². The van der Waals surface area contributed by atoms with Crippen LogP contribution >= 0.6 is 0 Å². The predicted octanol–water partition coefficient (Wildman–Crippen LogP) is 3.93. The van der Waals surface area contributed by atoms with Gasteiger partial charge in [0.05, 0.1) is 11.1 Å². The highest BCUT2D eigenvalue weighted by Crippen LogP contribution is 2.27. The molecule has 1 amide bonds. The van der Waals surface area contributed by atoms with Crippen molar-refractivity contribution in [3.05, 3.63) is 42.1 Å². The molecule has 0 radical (unpaired) electrons. The first-order chi connectivity index (χ1) is 10.3. The molecule has 1 aliphatic rings. The van der Waals surface area contributed by atoms with Gasteiger partial charge in [0.15, 0.2) is 0 Å². The van der Waals surface area contributed by atoms with Crippen LogP contribution in [0.25, 0.3) is 10.9 Å². The Balaban J connectivity index is 1.73. The van der Waals surface area contributed by atoms with E-state index in [1.165, 1.54) is 19.3 Å². The van der Waals surface area contributed by atoms with Gasteiger partial charge in [0.2, 0.25) is 0 Å². The van der Waals surface area contributed by atoms with Crippen LogP contribution < -0.4 is 5.32 Å². The number of aromatic nitrogens is 1. The number of carbonyl (C=O) groups is 1. The Bertz CT molecular complexity index is 625. The van der Waals surface area contributed by atoms with Gasteiger partial charge in [-0.25, -0.2) is 0 Å². The van der Waals surface area contributed by atoms with Gasteiger partial charge in [-0.2, -0.15) is 0 Å². The van der Waals surface area contributed by atoms with Gasteiger partial charge in [-0.05, 0) is 43.7 Å². The van der Waals surface area contributed by atoms with Gasteiger partial charge >= 0.3 is 0 Å². The number of amides is 1. The number of benzene rings is 1. The third-order valence-corrected chi connectivity index (χ3v) is 4.65. The van der Waals surface area contributed by atoms with E-state index in [-0.39, 0.29) is 5.91 Å². The zero-order chi connectivity index (χ0) is 14.7. The van der Waals surface area contributed by atoms with Crippen molar-refractivity contribution in [3.8, 4) is 0 Å². The van der Waals surface area contributed by atoms with Crippen molar-refractivity contribution in [2.75, 3.05) is 0 Å². The van der Waals surface area contributed by atoms with Crippen LogP contribution in [-0.4, -0.2) is 16.9 Å². The van der Waals surface area contributed by atoms with Crippen LogP contribution in [0.3, 0.4) is 0 Å². The van der Waals surface area contributed by atoms with E-state index >= 15 is 0 Å². The number of para-hydroxylation sites is 1. The van der Waals surface area contributed by atoms with E-state index in [9.17, 15) is 4.79 Å². The minimum atomic E-state index is 0.0357. The average molecular weight is 282 g/mol. The van der Waals surface area contributed by atoms with E-state index in [4.69, 9.17) is 0 Å². The highest BCUT2D eigenvalue weighted by atomic mass is 16.1. The summed E-state index contributed by atoms with van der Waals surface area (Å²) in [5.41, 5.74) is 1.61. The second kappa shape index (κ2) is 6.25. The molecule has 1 N–H and O–H groups in total. The van der Waals surface area contributed by atoms with Gasteiger partial charge in [0, 0.05) is 17.6 Å². The van der Waals surface area contributed by atoms with E-state index in [1.54, 1.807) is 6.20 Å². The second-order valence-electron chi connectivity index (χ2n) is 5.98. The third kappa shape index (κ3) is 3.07. The molecule has 21 heavy (non-hydrogen) atoms. The molecule has 110 valence electrons. The fourth-order valence-electron chi connectivity index (χ4n) is 3.27. The Morgan fingerprint density at radius 3 is 2.71 bits per heavy atom. The number of nitrogens with zero attached hydrogens (tertiary/aromatic N) is 1. The van der Waals surface area contributed by atoms with E-state index in [2.05, 4.69) is 17.2 Å². The molecule has 1 aromatic carbocycles. The van der Waals surface area contributed by atoms with Gasteiger partial charge in [0.25, 0.3) is 5.91 Å². The monoisotopic (exact) mass is 282 g/mol. The lowest BCUT2D eigenvalue weighted by atomic mass is 9.84. The van der Waals surface area contributed by atoms with Crippen LogP contribution in [0.5, 0.6) is 0 Å². The van der Waals surface area contributed by atoms with Gasteiger partial charge in [0.1, 0.15) is 0 Å². The van der Waals surface area contributed by atoms with Crippen molar-refractivity contribution in [1.82, 2.24) is 10.3 Å². The second-order valence-corrected chi connectivity index (χ2v) is 5.98. The molecule has 0 saturated heterocycles. The fourth-order valence-corrected chi connectivity index (χ4v) is 3.27. The number of hydrogen-bond donors (Lipinski definition) is 1. The van der Waals surface area contributed by atoms with E-state index < -0.39 is 0 Å². The Kier molecular flexibility index (Phi) is 4.18. The van der Waals surface area contributed by atoms with Crippen molar-refractivity contribution in [2.24, 2.45) is 5.92 Å². The lowest BCUT2D eigenvalue weighted by Gasteiger charge is -2.28. The zero-order valence-corrected chi connectivity index (χ0v) is 12.5. The predicted molar refractivity (Wildman–Crippen MR) is 85.2 cm³/mol. The summed E-state index contributed by atoms with van der Waals surface area (Å²) in [6.45, 7) is 2.26. The van der Waals surface area contributed by atoms with Crippen LogP contribution in [0.4, 0.5) is 0 Å². The molecule has 0 spiro atoms. The Hall–Kier alpha value is -1.90. The molecule has 3 rings (SSSR count). The lowest BCUT2D eigenvalue weighted by Crippen LogP contribution is -2.37. The van der Waals surface area contributed by atoms with E-state index in [0.29, 0.717) is 6.04 Å². The summed E-state index contributed by atoms with van der Waals surface area (Å²) in [6, 6.07) is 9.95. The van der Waals surface area contributed by atoms with Gasteiger partial charge in [-0.1, -0.05) is 31.5 Å². The van der Waals surface area contributed by atoms with Gasteiger partial charge < -0.3 is 5.32 Å². The maximum Gasteiger partial charge on any atom is 0.252 e. The number of nitrogens with one attached hydrogen (secondary N) is 1. The first-order valence-electron chi connectivity index (χ1n) is 7.92. The quantitative estimate of drug-likeness (QED) is 0.926. The summed E-state index contributed by atoms with van der Waals surface area (Å²) >= 11 is 0. The Labute approximate surface area is 125 Å². The van der Waals surface area contributed by atoms with E-state index in [0.717, 1.165) is 35.2 Å². The molecule has 0 bridgehead atoms. The maximum absolute atomic E-state index is 12.5. The molecule has 1 aliphatic carbocycles. The first-order valence-corrected chi connectivity index (χ1v) is 7.92. The minimum absolute atomic E-state index is 0.0357. The van der Waals surface area contributed by atoms with Crippen molar-refractivity contribution < 1.29 is 4.79 Å². The van der Waals surface area contributed by atoms with Crippen molar-refractivity contribution in [3.63, 3.8) is 0 Å². The normalized spacial score (nSPS) is 22.1. The molecule has 3 nitrogen and oxygen atoms in total. The van der Waals surface area contributed by atoms with Crippen LogP contribution in [0, 0.1) is 5.92 Å². The summed E-state index contributed by atoms with van der Waals surface area (Å²) in [4.78, 5) is 16.9. The number of pyridine rings is 1. The largest absolute Gasteiger partial charge is 0.349 e. The molecule has 3 heteroatoms. The molecular formula is C18H22N2O. The number of carbonyl (C=O) groups excluding carboxylic acids is 1. The molecule has 1 saturated carbocycles. The SMILES string of the molecule is CCC1CCC(NC(=O)c2ccnc3ccccc23)CC1. The number of fused-ring (bicyclic) bond motifs is 1. The minimum Gasteiger partial charge on any atom is -0.349 e. The summed E-state index contributed by atoms with van der Waals surface area (Å²) in [5.74, 6) is 0.883. The maximum atomic E-state index is 12.5. The summed E-state index contributed by atoms with van der Waals surface area (Å²) in [6.07, 6.45) is 7.65. The van der Waals surface area contributed by atoms with Crippen molar-refractivity contribution in [2.45, 2.75) is 45.1 Å². The zero-order valence-electron chi connectivity index (χ0n) is 12.5. The molecule has 0 atom stereocenters. The molecule has 2 aromatic rings. The van der Waals surface area contributed by atoms with Crippen LogP contribution in [0.15, 0.2) is 36.5 Å². The summed E-state index contributed by atoms with van der Waals surface area (Å²) < 4.78 is 0. The Morgan fingerprint density at radius 2 is 1.95 bits per heavy atom. The highest BCUT2D eigenvalue weighted by molar-refractivity contribution is 6.06. The molecule has 0 aliphatic heterocycles. The number of hydrogen-bond acceptors (Lipinski definition) is 2. The van der Waals surface area contributed by atoms with Gasteiger partial charge in [-0.15, -0.1) is 0 Å². The molecular weight excluding hydrogens is 260 g/mol. The topological polar surface area (TPSA) is 42.0 Å². The van der Waals surface area contributed by atoms with Crippen LogP contribution in [0.1, 0.15) is 49.4 Å². The van der Waals surface area contributed by atoms with Gasteiger partial charge in [-0.3, -0.25) is 9.78 Å². The molecule has 1 heterocycles. The summed E-state index contributed by atoms with van der Waals surface area (Å²) in [5, 5.41) is 4.14. The smallest absolute Gasteiger partial charge is 0.252 e. The highest BCUT2D eigenvalue weighted by Gasteiger charge is 2.22. The summed E-state index contributed by atoms with van der Waals surface area (Å²) in [7, 11) is 0. The fraction of sp³-hybridized carbons (Fsp3) is 0.444. The molecule has 0 unspecified atom stereocenters. The lowest BCUT2D eigenvalue weighted by molar-refractivity contribution is 0.0923. The van der Waals surface area contributed by atoms with Crippen molar-refractivity contribution in [1.29, 1.82) is 0 Å². The van der Waals surface area contributed by atoms with Crippen LogP contribution in [-0.2, 0) is 0 Å². The molecule has 1 aromatic heterocycles. The third-order valence-electron chi connectivity index (χ3n) is 4.65. The molecule has 1 fully saturated rings.